The molecule has 1 aromatic carbocycles. The maximum atomic E-state index is 12.6. The number of carbonyl (C=O) groups excluding carboxylic acids is 1. The highest BCUT2D eigenvalue weighted by Gasteiger charge is 2.24. The van der Waals surface area contributed by atoms with Gasteiger partial charge in [-0.2, -0.15) is 5.10 Å². The lowest BCUT2D eigenvalue weighted by molar-refractivity contribution is 0.194. The number of nitrogens with zero attached hydrogens (tertiary/aromatic N) is 3. The SMILES string of the molecule is CC(C)N(C)c1cccc(NC(=O)N2CCC(c3ccn[nH]3)CC2)c1. The van der Waals surface area contributed by atoms with Crippen LogP contribution < -0.4 is 10.2 Å². The Morgan fingerprint density at radius 3 is 2.72 bits per heavy atom. The summed E-state index contributed by atoms with van der Waals surface area (Å²) >= 11 is 0. The van der Waals surface area contributed by atoms with Gasteiger partial charge in [-0.15, -0.1) is 0 Å². The number of H-pyrrole nitrogens is 1. The predicted molar refractivity (Wildman–Crippen MR) is 101 cm³/mol. The third-order valence-electron chi connectivity index (χ3n) is 5.02. The van der Waals surface area contributed by atoms with Gasteiger partial charge < -0.3 is 15.1 Å². The molecule has 0 radical (unpaired) electrons. The number of urea groups is 1. The van der Waals surface area contributed by atoms with E-state index in [-0.39, 0.29) is 6.03 Å². The lowest BCUT2D eigenvalue weighted by Crippen LogP contribution is -2.40. The molecule has 0 unspecified atom stereocenters. The van der Waals surface area contributed by atoms with Crippen molar-refractivity contribution in [3.05, 3.63) is 42.2 Å². The molecule has 6 heteroatoms. The number of amides is 2. The molecule has 2 N–H and O–H groups in total. The smallest absolute Gasteiger partial charge is 0.321 e. The molecule has 2 amide bonds. The van der Waals surface area contributed by atoms with Crippen LogP contribution in [0.1, 0.15) is 38.3 Å². The average Bonchev–Trinajstić information content (AvgIpc) is 3.16. The van der Waals surface area contributed by atoms with Gasteiger partial charge in [0.2, 0.25) is 0 Å². The van der Waals surface area contributed by atoms with Gasteiger partial charge in [0.15, 0.2) is 0 Å². The number of rotatable bonds is 4. The summed E-state index contributed by atoms with van der Waals surface area (Å²) in [5.74, 6) is 0.467. The van der Waals surface area contributed by atoms with E-state index in [0.29, 0.717) is 12.0 Å². The zero-order valence-corrected chi connectivity index (χ0v) is 15.2. The largest absolute Gasteiger partial charge is 0.372 e. The number of benzene rings is 1. The molecule has 1 saturated heterocycles. The van der Waals surface area contributed by atoms with Gasteiger partial charge in [-0.05, 0) is 51.0 Å². The van der Waals surface area contributed by atoms with Crippen molar-refractivity contribution in [2.75, 3.05) is 30.4 Å². The van der Waals surface area contributed by atoms with Gasteiger partial charge in [0.1, 0.15) is 0 Å². The maximum absolute atomic E-state index is 12.6. The Hall–Kier alpha value is -2.50. The zero-order valence-electron chi connectivity index (χ0n) is 15.2. The van der Waals surface area contributed by atoms with Gasteiger partial charge in [0, 0.05) is 55.4 Å². The molecule has 1 aliphatic rings. The Bertz CT molecular complexity index is 690. The lowest BCUT2D eigenvalue weighted by Gasteiger charge is -2.31. The van der Waals surface area contributed by atoms with Crippen LogP contribution in [0.4, 0.5) is 16.2 Å². The summed E-state index contributed by atoms with van der Waals surface area (Å²) in [5, 5.41) is 10.1. The fourth-order valence-corrected chi connectivity index (χ4v) is 3.19. The molecule has 0 atom stereocenters. The van der Waals surface area contributed by atoms with Crippen molar-refractivity contribution in [2.24, 2.45) is 0 Å². The average molecular weight is 341 g/mol. The second-order valence-corrected chi connectivity index (χ2v) is 6.96. The summed E-state index contributed by atoms with van der Waals surface area (Å²) in [7, 11) is 2.06. The normalized spacial score (nSPS) is 15.4. The first-order valence-corrected chi connectivity index (χ1v) is 8.92. The third-order valence-corrected chi connectivity index (χ3v) is 5.02. The van der Waals surface area contributed by atoms with Crippen LogP contribution in [0.3, 0.4) is 0 Å². The minimum Gasteiger partial charge on any atom is -0.372 e. The van der Waals surface area contributed by atoms with E-state index >= 15 is 0 Å². The van der Waals surface area contributed by atoms with Crippen molar-refractivity contribution in [2.45, 2.75) is 38.6 Å². The van der Waals surface area contributed by atoms with Crippen LogP contribution in [0.2, 0.25) is 0 Å². The fourth-order valence-electron chi connectivity index (χ4n) is 3.19. The van der Waals surface area contributed by atoms with Crippen LogP contribution in [0.25, 0.3) is 0 Å². The fraction of sp³-hybridized carbons (Fsp3) is 0.474. The first-order chi connectivity index (χ1) is 12.0. The molecule has 1 fully saturated rings. The van der Waals surface area contributed by atoms with E-state index in [1.54, 1.807) is 6.20 Å². The van der Waals surface area contributed by atoms with Gasteiger partial charge in [-0.1, -0.05) is 6.07 Å². The summed E-state index contributed by atoms with van der Waals surface area (Å²) in [6, 6.07) is 10.4. The van der Waals surface area contributed by atoms with Gasteiger partial charge in [0.05, 0.1) is 0 Å². The zero-order chi connectivity index (χ0) is 17.8. The van der Waals surface area contributed by atoms with Gasteiger partial charge >= 0.3 is 6.03 Å². The Morgan fingerprint density at radius 1 is 1.32 bits per heavy atom. The van der Waals surface area contributed by atoms with Crippen molar-refractivity contribution >= 4 is 17.4 Å². The van der Waals surface area contributed by atoms with E-state index in [2.05, 4.69) is 47.4 Å². The van der Waals surface area contributed by atoms with Gasteiger partial charge in [0.25, 0.3) is 0 Å². The predicted octanol–water partition coefficient (Wildman–Crippen LogP) is 3.67. The first-order valence-electron chi connectivity index (χ1n) is 8.92. The lowest BCUT2D eigenvalue weighted by atomic mass is 9.94. The number of aromatic amines is 1. The number of hydrogen-bond donors (Lipinski definition) is 2. The summed E-state index contributed by atoms with van der Waals surface area (Å²) in [4.78, 5) is 16.6. The number of piperidine rings is 1. The second kappa shape index (κ2) is 7.59. The molecule has 0 bridgehead atoms. The van der Waals surface area contributed by atoms with E-state index in [4.69, 9.17) is 0 Å². The highest BCUT2D eigenvalue weighted by atomic mass is 16.2. The van der Waals surface area contributed by atoms with Crippen molar-refractivity contribution in [1.82, 2.24) is 15.1 Å². The molecule has 2 aromatic rings. The molecule has 0 spiro atoms. The van der Waals surface area contributed by atoms with Crippen molar-refractivity contribution < 1.29 is 4.79 Å². The molecule has 1 aliphatic heterocycles. The van der Waals surface area contributed by atoms with Crippen molar-refractivity contribution in [1.29, 1.82) is 0 Å². The van der Waals surface area contributed by atoms with Crippen LogP contribution in [-0.2, 0) is 0 Å². The van der Waals surface area contributed by atoms with Gasteiger partial charge in [-0.3, -0.25) is 5.10 Å². The van der Waals surface area contributed by atoms with E-state index in [1.165, 1.54) is 5.69 Å². The number of aromatic nitrogens is 2. The summed E-state index contributed by atoms with van der Waals surface area (Å²) < 4.78 is 0. The van der Waals surface area contributed by atoms with Crippen LogP contribution in [-0.4, -0.2) is 47.3 Å². The van der Waals surface area contributed by atoms with Crippen LogP contribution in [0.15, 0.2) is 36.5 Å². The number of likely N-dealkylation sites (tertiary alicyclic amines) is 1. The number of hydrogen-bond acceptors (Lipinski definition) is 3. The maximum Gasteiger partial charge on any atom is 0.321 e. The highest BCUT2D eigenvalue weighted by molar-refractivity contribution is 5.90. The highest BCUT2D eigenvalue weighted by Crippen LogP contribution is 2.27. The van der Waals surface area contributed by atoms with Crippen LogP contribution >= 0.6 is 0 Å². The number of anilines is 2. The first kappa shape index (κ1) is 17.3. The van der Waals surface area contributed by atoms with Crippen LogP contribution in [0.5, 0.6) is 0 Å². The molecule has 134 valence electrons. The minimum atomic E-state index is -0.0209. The molecule has 0 aliphatic carbocycles. The Labute approximate surface area is 149 Å². The summed E-state index contributed by atoms with van der Waals surface area (Å²) in [6.07, 6.45) is 3.72. The van der Waals surface area contributed by atoms with E-state index < -0.39 is 0 Å². The van der Waals surface area contributed by atoms with Crippen LogP contribution in [0, 0.1) is 0 Å². The quantitative estimate of drug-likeness (QED) is 0.892. The topological polar surface area (TPSA) is 64.3 Å². The number of carbonyl (C=O) groups is 1. The molecule has 2 heterocycles. The van der Waals surface area contributed by atoms with E-state index in [0.717, 1.165) is 37.3 Å². The van der Waals surface area contributed by atoms with E-state index in [1.807, 2.05) is 29.2 Å². The molecular weight excluding hydrogens is 314 g/mol. The monoisotopic (exact) mass is 341 g/mol. The summed E-state index contributed by atoms with van der Waals surface area (Å²) in [6.45, 7) is 5.83. The van der Waals surface area contributed by atoms with Crippen molar-refractivity contribution in [3.63, 3.8) is 0 Å². The molecule has 6 nitrogen and oxygen atoms in total. The molecule has 0 saturated carbocycles. The Morgan fingerprint density at radius 2 is 2.08 bits per heavy atom. The second-order valence-electron chi connectivity index (χ2n) is 6.96. The molecule has 3 rings (SSSR count). The van der Waals surface area contributed by atoms with Crippen molar-refractivity contribution in [3.8, 4) is 0 Å². The number of nitrogens with one attached hydrogen (secondary N) is 2. The standard InChI is InChI=1S/C19H27N5O/c1-14(2)23(3)17-6-4-5-16(13-17)21-19(25)24-11-8-15(9-12-24)18-7-10-20-22-18/h4-7,10,13-15H,8-9,11-12H2,1-3H3,(H,20,22)(H,21,25). The molecule has 1 aromatic heterocycles. The molecule has 25 heavy (non-hydrogen) atoms. The van der Waals surface area contributed by atoms with E-state index in [9.17, 15) is 4.79 Å². The third kappa shape index (κ3) is 4.13. The van der Waals surface area contributed by atoms with Gasteiger partial charge in [-0.25, -0.2) is 4.79 Å². The summed E-state index contributed by atoms with van der Waals surface area (Å²) in [5.41, 5.74) is 3.11. The molecular formula is C19H27N5O. The minimum absolute atomic E-state index is 0.0209. The Balaban J connectivity index is 1.57. The Kier molecular flexibility index (Phi) is 5.26.